The smallest absolute Gasteiger partial charge is 0.336 e. The fraction of sp³-hybridized carbons (Fsp3) is 0.300. The van der Waals surface area contributed by atoms with Gasteiger partial charge in [0.1, 0.15) is 5.75 Å². The Balaban J connectivity index is 3.23. The number of carboxylic acids is 1. The second-order valence-electron chi connectivity index (χ2n) is 3.40. The molecule has 1 rings (SSSR count). The van der Waals surface area contributed by atoms with E-state index in [0.29, 0.717) is 5.75 Å². The fourth-order valence-corrected chi connectivity index (χ4v) is 2.11. The van der Waals surface area contributed by atoms with Crippen LogP contribution in [-0.4, -0.2) is 32.9 Å². The number of ether oxygens (including phenoxy) is 1. The molecule has 0 saturated carbocycles. The summed E-state index contributed by atoms with van der Waals surface area (Å²) >= 11 is 0. The van der Waals surface area contributed by atoms with E-state index in [4.69, 9.17) is 9.84 Å². The second-order valence-corrected chi connectivity index (χ2v) is 5.54. The van der Waals surface area contributed by atoms with Gasteiger partial charge >= 0.3 is 5.97 Å². The number of methoxy groups -OCH3 is 1. The van der Waals surface area contributed by atoms with Gasteiger partial charge in [0.2, 0.25) is 0 Å². The van der Waals surface area contributed by atoms with E-state index in [9.17, 15) is 13.2 Å². The number of hydrogen-bond acceptors (Lipinski definition) is 4. The minimum absolute atomic E-state index is 0.0511. The third-order valence-electron chi connectivity index (χ3n) is 1.97. The number of sulfone groups is 1. The van der Waals surface area contributed by atoms with Gasteiger partial charge in [0.25, 0.3) is 0 Å². The average Bonchev–Trinajstić information content (AvgIpc) is 2.15. The second kappa shape index (κ2) is 4.52. The predicted octanol–water partition coefficient (Wildman–Crippen LogP) is 0.938. The van der Waals surface area contributed by atoms with Crippen molar-refractivity contribution in [1.82, 2.24) is 0 Å². The molecule has 0 unspecified atom stereocenters. The Kier molecular flexibility index (Phi) is 3.54. The molecule has 5 nitrogen and oxygen atoms in total. The van der Waals surface area contributed by atoms with Crippen LogP contribution >= 0.6 is 0 Å². The Hall–Kier alpha value is -1.56. The Morgan fingerprint density at radius 1 is 1.44 bits per heavy atom. The minimum atomic E-state index is -3.26. The molecule has 1 aromatic carbocycles. The van der Waals surface area contributed by atoms with Crippen LogP contribution in [0.5, 0.6) is 5.75 Å². The first-order valence-electron chi connectivity index (χ1n) is 4.41. The molecule has 0 atom stereocenters. The summed E-state index contributed by atoms with van der Waals surface area (Å²) in [5.74, 6) is -1.08. The lowest BCUT2D eigenvalue weighted by Crippen LogP contribution is -2.08. The lowest BCUT2D eigenvalue weighted by atomic mass is 10.1. The average molecular weight is 244 g/mol. The van der Waals surface area contributed by atoms with Crippen molar-refractivity contribution in [2.45, 2.75) is 5.75 Å². The summed E-state index contributed by atoms with van der Waals surface area (Å²) in [6.45, 7) is 0. The molecule has 0 radical (unpaired) electrons. The van der Waals surface area contributed by atoms with Gasteiger partial charge in [0.05, 0.1) is 18.4 Å². The molecular formula is C10H12O5S. The number of carbonyl (C=O) groups is 1. The van der Waals surface area contributed by atoms with Crippen molar-refractivity contribution in [1.29, 1.82) is 0 Å². The molecule has 1 N–H and O–H groups in total. The standard InChI is InChI=1S/C10H12O5S/c1-15-8-4-3-7(6-16(2,13)14)9(5-8)10(11)12/h3-5H,6H2,1-2H3,(H,11,12). The highest BCUT2D eigenvalue weighted by Crippen LogP contribution is 2.19. The van der Waals surface area contributed by atoms with Gasteiger partial charge in [-0.25, -0.2) is 13.2 Å². The molecule has 0 aliphatic heterocycles. The highest BCUT2D eigenvalue weighted by Gasteiger charge is 2.15. The topological polar surface area (TPSA) is 80.7 Å². The highest BCUT2D eigenvalue weighted by molar-refractivity contribution is 7.89. The Labute approximate surface area is 93.6 Å². The zero-order chi connectivity index (χ0) is 12.3. The van der Waals surface area contributed by atoms with Gasteiger partial charge in [0, 0.05) is 6.26 Å². The summed E-state index contributed by atoms with van der Waals surface area (Å²) in [4.78, 5) is 10.9. The van der Waals surface area contributed by atoms with Crippen LogP contribution in [0.25, 0.3) is 0 Å². The predicted molar refractivity (Wildman–Crippen MR) is 58.5 cm³/mol. The molecule has 1 aromatic rings. The van der Waals surface area contributed by atoms with Crippen LogP contribution in [0, 0.1) is 0 Å². The van der Waals surface area contributed by atoms with E-state index in [1.165, 1.54) is 25.3 Å². The first-order chi connectivity index (χ1) is 7.33. The lowest BCUT2D eigenvalue weighted by Gasteiger charge is -2.07. The summed E-state index contributed by atoms with van der Waals surface area (Å²) in [5.41, 5.74) is 0.209. The van der Waals surface area contributed by atoms with Crippen molar-refractivity contribution in [2.24, 2.45) is 0 Å². The van der Waals surface area contributed by atoms with E-state index in [0.717, 1.165) is 6.26 Å². The molecule has 0 saturated heterocycles. The third kappa shape index (κ3) is 3.23. The molecule has 88 valence electrons. The lowest BCUT2D eigenvalue weighted by molar-refractivity contribution is 0.0695. The van der Waals surface area contributed by atoms with Gasteiger partial charge < -0.3 is 9.84 Å². The van der Waals surface area contributed by atoms with E-state index < -0.39 is 15.8 Å². The van der Waals surface area contributed by atoms with Gasteiger partial charge in [-0.3, -0.25) is 0 Å². The maximum atomic E-state index is 11.1. The SMILES string of the molecule is COc1ccc(CS(C)(=O)=O)c(C(=O)O)c1. The maximum absolute atomic E-state index is 11.1. The zero-order valence-electron chi connectivity index (χ0n) is 8.93. The summed E-state index contributed by atoms with van der Waals surface area (Å²) in [5, 5.41) is 8.93. The number of rotatable bonds is 4. The van der Waals surface area contributed by atoms with Crippen molar-refractivity contribution in [2.75, 3.05) is 13.4 Å². The fourth-order valence-electron chi connectivity index (χ4n) is 1.29. The molecule has 0 amide bonds. The van der Waals surface area contributed by atoms with Crippen molar-refractivity contribution in [3.8, 4) is 5.75 Å². The molecule has 16 heavy (non-hydrogen) atoms. The number of benzene rings is 1. The summed E-state index contributed by atoms with van der Waals surface area (Å²) < 4.78 is 27.1. The van der Waals surface area contributed by atoms with Crippen LogP contribution in [-0.2, 0) is 15.6 Å². The van der Waals surface area contributed by atoms with E-state index >= 15 is 0 Å². The molecular weight excluding hydrogens is 232 g/mol. The van der Waals surface area contributed by atoms with Crippen LogP contribution in [0.4, 0.5) is 0 Å². The molecule has 6 heteroatoms. The van der Waals surface area contributed by atoms with Crippen molar-refractivity contribution in [3.63, 3.8) is 0 Å². The van der Waals surface area contributed by atoms with E-state index in [1.54, 1.807) is 0 Å². The summed E-state index contributed by atoms with van der Waals surface area (Å²) in [6.07, 6.45) is 1.06. The summed E-state index contributed by atoms with van der Waals surface area (Å²) in [6, 6.07) is 4.29. The molecule has 0 spiro atoms. The van der Waals surface area contributed by atoms with Crippen LogP contribution in [0.2, 0.25) is 0 Å². The van der Waals surface area contributed by atoms with E-state index in [2.05, 4.69) is 0 Å². The van der Waals surface area contributed by atoms with Gasteiger partial charge in [-0.05, 0) is 17.7 Å². The monoisotopic (exact) mass is 244 g/mol. The maximum Gasteiger partial charge on any atom is 0.336 e. The van der Waals surface area contributed by atoms with Crippen LogP contribution in [0.15, 0.2) is 18.2 Å². The number of aromatic carboxylic acids is 1. The van der Waals surface area contributed by atoms with Crippen molar-refractivity contribution < 1.29 is 23.1 Å². The highest BCUT2D eigenvalue weighted by atomic mass is 32.2. The van der Waals surface area contributed by atoms with Gasteiger partial charge in [0.15, 0.2) is 9.84 Å². The molecule has 0 fully saturated rings. The molecule has 0 aromatic heterocycles. The Bertz CT molecular complexity index is 504. The first-order valence-corrected chi connectivity index (χ1v) is 6.47. The van der Waals surface area contributed by atoms with Gasteiger partial charge in [-0.1, -0.05) is 6.07 Å². The molecule has 0 heterocycles. The number of hydrogen-bond donors (Lipinski definition) is 1. The minimum Gasteiger partial charge on any atom is -0.497 e. The van der Waals surface area contributed by atoms with Crippen LogP contribution in [0.1, 0.15) is 15.9 Å². The van der Waals surface area contributed by atoms with Gasteiger partial charge in [-0.15, -0.1) is 0 Å². The van der Waals surface area contributed by atoms with Crippen molar-refractivity contribution in [3.05, 3.63) is 29.3 Å². The number of carboxylic acid groups (broad SMARTS) is 1. The molecule has 0 bridgehead atoms. The zero-order valence-corrected chi connectivity index (χ0v) is 9.74. The van der Waals surface area contributed by atoms with Crippen molar-refractivity contribution >= 4 is 15.8 Å². The normalized spacial score (nSPS) is 11.1. The third-order valence-corrected chi connectivity index (χ3v) is 2.80. The molecule has 0 aliphatic rings. The van der Waals surface area contributed by atoms with Crippen LogP contribution < -0.4 is 4.74 Å². The quantitative estimate of drug-likeness (QED) is 0.852. The molecule has 0 aliphatic carbocycles. The van der Waals surface area contributed by atoms with E-state index in [1.807, 2.05) is 0 Å². The Morgan fingerprint density at radius 2 is 2.06 bits per heavy atom. The van der Waals surface area contributed by atoms with E-state index in [-0.39, 0.29) is 16.9 Å². The van der Waals surface area contributed by atoms with Gasteiger partial charge in [-0.2, -0.15) is 0 Å². The van der Waals surface area contributed by atoms with Crippen LogP contribution in [0.3, 0.4) is 0 Å². The first kappa shape index (κ1) is 12.5. The summed E-state index contributed by atoms with van der Waals surface area (Å²) in [7, 11) is -1.84. The Morgan fingerprint density at radius 3 is 2.50 bits per heavy atom. The largest absolute Gasteiger partial charge is 0.497 e.